The fraction of sp³-hybridized carbons (Fsp3) is 0.625. The van der Waals surface area contributed by atoms with E-state index in [0.717, 1.165) is 16.6 Å². The summed E-state index contributed by atoms with van der Waals surface area (Å²) in [6.45, 7) is 7.01. The number of rotatable bonds is 7. The summed E-state index contributed by atoms with van der Waals surface area (Å²) in [7, 11) is 0. The summed E-state index contributed by atoms with van der Waals surface area (Å²) in [5.74, 6) is 0. The zero-order valence-corrected chi connectivity index (χ0v) is 14.3. The van der Waals surface area contributed by atoms with Crippen molar-refractivity contribution in [3.05, 3.63) is 29.8 Å². The van der Waals surface area contributed by atoms with Crippen LogP contribution in [0.25, 0.3) is 0 Å². The van der Waals surface area contributed by atoms with Gasteiger partial charge in [-0.3, -0.25) is 4.90 Å². The van der Waals surface area contributed by atoms with Crippen LogP contribution in [0.1, 0.15) is 32.3 Å². The maximum atomic E-state index is 3.61. The van der Waals surface area contributed by atoms with Gasteiger partial charge in [0.05, 0.1) is 0 Å². The highest BCUT2D eigenvalue weighted by Gasteiger charge is 2.25. The highest BCUT2D eigenvalue weighted by molar-refractivity contribution is 9.09. The third-order valence-electron chi connectivity index (χ3n) is 3.98. The van der Waals surface area contributed by atoms with Crippen LogP contribution < -0.4 is 0 Å². The molecule has 0 bridgehead atoms. The molecule has 0 aliphatic carbocycles. The van der Waals surface area contributed by atoms with Crippen LogP contribution in [-0.4, -0.2) is 34.6 Å². The summed E-state index contributed by atoms with van der Waals surface area (Å²) in [4.78, 5) is 4.18. The Morgan fingerprint density at radius 1 is 1.32 bits per heavy atom. The van der Waals surface area contributed by atoms with Gasteiger partial charge in [-0.15, -0.1) is 11.8 Å². The third-order valence-corrected chi connectivity index (χ3v) is 5.64. The first-order chi connectivity index (χ1) is 9.28. The van der Waals surface area contributed by atoms with Gasteiger partial charge in [0.15, 0.2) is 0 Å². The van der Waals surface area contributed by atoms with Crippen molar-refractivity contribution in [2.75, 3.05) is 18.4 Å². The van der Waals surface area contributed by atoms with Gasteiger partial charge in [-0.25, -0.2) is 0 Å². The lowest BCUT2D eigenvalue weighted by Gasteiger charge is -2.31. The molecule has 3 heteroatoms. The highest BCUT2D eigenvalue weighted by Crippen LogP contribution is 2.37. The van der Waals surface area contributed by atoms with Gasteiger partial charge in [-0.1, -0.05) is 48.0 Å². The topological polar surface area (TPSA) is 3.24 Å². The van der Waals surface area contributed by atoms with E-state index in [0.29, 0.717) is 0 Å². The van der Waals surface area contributed by atoms with E-state index in [1.807, 2.05) is 0 Å². The average molecular weight is 342 g/mol. The molecule has 19 heavy (non-hydrogen) atoms. The maximum Gasteiger partial charge on any atom is 0.0263 e. The molecule has 106 valence electrons. The summed E-state index contributed by atoms with van der Waals surface area (Å²) >= 11 is 5.68. The van der Waals surface area contributed by atoms with E-state index in [2.05, 4.69) is 70.7 Å². The van der Waals surface area contributed by atoms with Crippen LogP contribution in [-0.2, 0) is 6.42 Å². The van der Waals surface area contributed by atoms with Gasteiger partial charge in [-0.05, 0) is 30.9 Å². The van der Waals surface area contributed by atoms with E-state index in [4.69, 9.17) is 0 Å². The molecule has 0 fully saturated rings. The van der Waals surface area contributed by atoms with Crippen LogP contribution in [0.5, 0.6) is 0 Å². The molecule has 0 saturated carbocycles. The number of halogens is 1. The summed E-state index contributed by atoms with van der Waals surface area (Å²) in [6, 6.07) is 9.62. The van der Waals surface area contributed by atoms with Crippen LogP contribution in [0.2, 0.25) is 0 Å². The Labute approximate surface area is 130 Å². The molecule has 0 amide bonds. The van der Waals surface area contributed by atoms with Crippen LogP contribution >= 0.6 is 27.7 Å². The summed E-state index contributed by atoms with van der Waals surface area (Å²) < 4.78 is 0. The second-order valence-electron chi connectivity index (χ2n) is 5.21. The lowest BCUT2D eigenvalue weighted by atomic mass is 10.1. The van der Waals surface area contributed by atoms with Gasteiger partial charge < -0.3 is 0 Å². The molecule has 1 nitrogen and oxygen atoms in total. The molecule has 1 aromatic rings. The van der Waals surface area contributed by atoms with Crippen LogP contribution in [0.3, 0.4) is 0 Å². The van der Waals surface area contributed by atoms with E-state index in [-0.39, 0.29) is 0 Å². The molecule has 0 spiro atoms. The van der Waals surface area contributed by atoms with Gasteiger partial charge in [-0.2, -0.15) is 0 Å². The maximum absolute atomic E-state index is 3.61. The molecule has 1 aromatic carbocycles. The standard InChI is InChI=1S/C16H24BrNS/c1-3-14(4-2)18(10-9-17)12-15-11-13-7-5-6-8-16(13)19-15/h5-8,14-15H,3-4,9-12H2,1-2H3. The molecular formula is C16H24BrNS. The summed E-state index contributed by atoms with van der Waals surface area (Å²) in [6.07, 6.45) is 3.75. The number of alkyl halides is 1. The second-order valence-corrected chi connectivity index (χ2v) is 7.34. The minimum atomic E-state index is 0.733. The van der Waals surface area contributed by atoms with E-state index >= 15 is 0 Å². The Hall–Kier alpha value is 0.01000. The van der Waals surface area contributed by atoms with Gasteiger partial charge in [0.2, 0.25) is 0 Å². The van der Waals surface area contributed by atoms with Crippen molar-refractivity contribution in [1.82, 2.24) is 4.90 Å². The number of thioether (sulfide) groups is 1. The van der Waals surface area contributed by atoms with Crippen molar-refractivity contribution < 1.29 is 0 Å². The van der Waals surface area contributed by atoms with Crippen LogP contribution in [0.4, 0.5) is 0 Å². The molecular weight excluding hydrogens is 318 g/mol. The lowest BCUT2D eigenvalue weighted by Crippen LogP contribution is -2.40. The molecule has 0 radical (unpaired) electrons. The highest BCUT2D eigenvalue weighted by atomic mass is 79.9. The minimum Gasteiger partial charge on any atom is -0.298 e. The van der Waals surface area contributed by atoms with Gasteiger partial charge in [0.25, 0.3) is 0 Å². The number of benzene rings is 1. The molecule has 1 aliphatic heterocycles. The first-order valence-corrected chi connectivity index (χ1v) is 9.33. The first kappa shape index (κ1) is 15.4. The van der Waals surface area contributed by atoms with E-state index < -0.39 is 0 Å². The largest absolute Gasteiger partial charge is 0.298 e. The molecule has 0 saturated heterocycles. The fourth-order valence-corrected chi connectivity index (χ4v) is 4.76. The van der Waals surface area contributed by atoms with Crippen molar-refractivity contribution in [3.63, 3.8) is 0 Å². The molecule has 1 atom stereocenters. The predicted octanol–water partition coefficient (Wildman–Crippen LogP) is 4.59. The second kappa shape index (κ2) is 7.70. The van der Waals surface area contributed by atoms with Gasteiger partial charge in [0.1, 0.15) is 0 Å². The monoisotopic (exact) mass is 341 g/mol. The summed E-state index contributed by atoms with van der Waals surface area (Å²) in [5.41, 5.74) is 1.54. The molecule has 2 rings (SSSR count). The zero-order valence-electron chi connectivity index (χ0n) is 11.9. The molecule has 0 aromatic heterocycles. The normalized spacial score (nSPS) is 18.3. The minimum absolute atomic E-state index is 0.733. The average Bonchev–Trinajstić information content (AvgIpc) is 2.82. The Morgan fingerprint density at radius 3 is 2.68 bits per heavy atom. The van der Waals surface area contributed by atoms with Gasteiger partial charge >= 0.3 is 0 Å². The zero-order chi connectivity index (χ0) is 13.7. The van der Waals surface area contributed by atoms with Crippen molar-refractivity contribution in [2.45, 2.75) is 49.3 Å². The summed E-state index contributed by atoms with van der Waals surface area (Å²) in [5, 5.41) is 1.81. The predicted molar refractivity (Wildman–Crippen MR) is 89.5 cm³/mol. The van der Waals surface area contributed by atoms with Crippen molar-refractivity contribution in [1.29, 1.82) is 0 Å². The Morgan fingerprint density at radius 2 is 2.05 bits per heavy atom. The quantitative estimate of drug-likeness (QED) is 0.667. The molecule has 1 unspecified atom stereocenters. The van der Waals surface area contributed by atoms with E-state index in [9.17, 15) is 0 Å². The van der Waals surface area contributed by atoms with Crippen molar-refractivity contribution in [3.8, 4) is 0 Å². The third kappa shape index (κ3) is 3.99. The lowest BCUT2D eigenvalue weighted by molar-refractivity contribution is 0.198. The number of hydrogen-bond acceptors (Lipinski definition) is 2. The molecule has 0 N–H and O–H groups in total. The molecule has 1 aliphatic rings. The van der Waals surface area contributed by atoms with Crippen molar-refractivity contribution >= 4 is 27.7 Å². The van der Waals surface area contributed by atoms with Gasteiger partial charge in [0, 0.05) is 34.6 Å². The fourth-order valence-electron chi connectivity index (χ4n) is 2.95. The van der Waals surface area contributed by atoms with Crippen LogP contribution in [0, 0.1) is 0 Å². The number of nitrogens with zero attached hydrogens (tertiary/aromatic N) is 1. The molecule has 1 heterocycles. The number of hydrogen-bond donors (Lipinski definition) is 0. The first-order valence-electron chi connectivity index (χ1n) is 7.33. The van der Waals surface area contributed by atoms with Crippen molar-refractivity contribution in [2.24, 2.45) is 0 Å². The van der Waals surface area contributed by atoms with E-state index in [1.54, 1.807) is 5.56 Å². The van der Waals surface area contributed by atoms with E-state index in [1.165, 1.54) is 37.2 Å². The Balaban J connectivity index is 1.96. The Bertz CT molecular complexity index is 367. The van der Waals surface area contributed by atoms with Crippen LogP contribution in [0.15, 0.2) is 29.2 Å². The Kier molecular flexibility index (Phi) is 6.24. The SMILES string of the molecule is CCC(CC)N(CCBr)CC1Cc2ccccc2S1. The smallest absolute Gasteiger partial charge is 0.0263 e. The number of fused-ring (bicyclic) bond motifs is 1.